The predicted octanol–water partition coefficient (Wildman–Crippen LogP) is 3.14. The lowest BCUT2D eigenvalue weighted by atomic mass is 9.74. The Balaban J connectivity index is 2.26. The molecule has 2 nitrogen and oxygen atoms in total. The molecule has 0 spiro atoms. The van der Waals surface area contributed by atoms with Crippen molar-refractivity contribution < 1.29 is 5.11 Å². The average Bonchev–Trinajstić information content (AvgIpc) is 2.71. The van der Waals surface area contributed by atoms with Gasteiger partial charge in [0.1, 0.15) is 5.01 Å². The number of nitrogens with zero attached hydrogens (tertiary/aromatic N) is 1. The van der Waals surface area contributed by atoms with E-state index in [0.717, 1.165) is 17.1 Å². The van der Waals surface area contributed by atoms with Crippen LogP contribution in [-0.4, -0.2) is 10.1 Å². The van der Waals surface area contributed by atoms with E-state index in [9.17, 15) is 5.11 Å². The molecule has 1 aliphatic rings. The molecule has 3 rings (SSSR count). The van der Waals surface area contributed by atoms with Gasteiger partial charge in [0, 0.05) is 10.4 Å². The van der Waals surface area contributed by atoms with Gasteiger partial charge >= 0.3 is 0 Å². The first kappa shape index (κ1) is 10.9. The molecule has 0 atom stereocenters. The minimum absolute atomic E-state index is 0.0419. The first-order valence-corrected chi connectivity index (χ1v) is 6.63. The highest BCUT2D eigenvalue weighted by Crippen LogP contribution is 2.44. The van der Waals surface area contributed by atoms with Crippen LogP contribution in [0.15, 0.2) is 24.3 Å². The standard InChI is InChI=1S/C14H15NOS/c1-14(2)7-11-13(15-12(8-16)17-11)9-5-3-4-6-10(9)14/h3-6,16H,7-8H2,1-2H3. The van der Waals surface area contributed by atoms with E-state index in [0.29, 0.717) is 0 Å². The quantitative estimate of drug-likeness (QED) is 0.837. The number of hydrogen-bond acceptors (Lipinski definition) is 3. The van der Waals surface area contributed by atoms with Crippen molar-refractivity contribution in [3.05, 3.63) is 39.7 Å². The molecular formula is C14H15NOS. The van der Waals surface area contributed by atoms with Gasteiger partial charge in [0.15, 0.2) is 0 Å². The van der Waals surface area contributed by atoms with E-state index in [4.69, 9.17) is 0 Å². The molecule has 0 fully saturated rings. The molecule has 0 amide bonds. The number of thiazole rings is 1. The van der Waals surface area contributed by atoms with Crippen LogP contribution in [0.3, 0.4) is 0 Å². The third kappa shape index (κ3) is 1.61. The number of fused-ring (bicyclic) bond motifs is 3. The molecule has 0 aliphatic heterocycles. The molecule has 0 radical (unpaired) electrons. The zero-order valence-corrected chi connectivity index (χ0v) is 10.8. The maximum Gasteiger partial charge on any atom is 0.119 e. The topological polar surface area (TPSA) is 33.1 Å². The molecule has 0 unspecified atom stereocenters. The van der Waals surface area contributed by atoms with Crippen molar-refractivity contribution >= 4 is 11.3 Å². The summed E-state index contributed by atoms with van der Waals surface area (Å²) < 4.78 is 0. The Morgan fingerprint density at radius 3 is 2.88 bits per heavy atom. The van der Waals surface area contributed by atoms with E-state index >= 15 is 0 Å². The van der Waals surface area contributed by atoms with Crippen molar-refractivity contribution in [2.24, 2.45) is 0 Å². The number of benzene rings is 1. The highest BCUT2D eigenvalue weighted by molar-refractivity contribution is 7.12. The zero-order chi connectivity index (χ0) is 12.0. The number of aliphatic hydroxyl groups excluding tert-OH is 1. The van der Waals surface area contributed by atoms with Gasteiger partial charge in [-0.25, -0.2) is 4.98 Å². The molecule has 0 saturated heterocycles. The van der Waals surface area contributed by atoms with E-state index in [1.54, 1.807) is 11.3 Å². The lowest BCUT2D eigenvalue weighted by Crippen LogP contribution is -2.24. The highest BCUT2D eigenvalue weighted by Gasteiger charge is 2.32. The number of rotatable bonds is 1. The Bertz CT molecular complexity index is 571. The van der Waals surface area contributed by atoms with Gasteiger partial charge < -0.3 is 5.11 Å². The van der Waals surface area contributed by atoms with Gasteiger partial charge in [-0.1, -0.05) is 38.1 Å². The van der Waals surface area contributed by atoms with E-state index in [-0.39, 0.29) is 12.0 Å². The van der Waals surface area contributed by atoms with Crippen LogP contribution in [0.1, 0.15) is 29.3 Å². The second-order valence-electron chi connectivity index (χ2n) is 5.14. The lowest BCUT2D eigenvalue weighted by molar-refractivity contribution is 0.281. The average molecular weight is 245 g/mol. The van der Waals surface area contributed by atoms with Gasteiger partial charge in [-0.3, -0.25) is 0 Å². The van der Waals surface area contributed by atoms with Crippen LogP contribution in [0.25, 0.3) is 11.3 Å². The largest absolute Gasteiger partial charge is 0.389 e. The molecule has 2 aromatic rings. The summed E-state index contributed by atoms with van der Waals surface area (Å²) in [7, 11) is 0. The van der Waals surface area contributed by atoms with Crippen molar-refractivity contribution in [3.63, 3.8) is 0 Å². The normalized spacial score (nSPS) is 16.4. The van der Waals surface area contributed by atoms with Crippen molar-refractivity contribution in [1.82, 2.24) is 4.98 Å². The van der Waals surface area contributed by atoms with E-state index in [1.807, 2.05) is 0 Å². The van der Waals surface area contributed by atoms with Crippen LogP contribution in [-0.2, 0) is 18.4 Å². The summed E-state index contributed by atoms with van der Waals surface area (Å²) in [6, 6.07) is 8.47. The smallest absolute Gasteiger partial charge is 0.119 e. The maximum atomic E-state index is 9.21. The highest BCUT2D eigenvalue weighted by atomic mass is 32.1. The van der Waals surface area contributed by atoms with Crippen LogP contribution < -0.4 is 0 Å². The molecule has 0 saturated carbocycles. The molecule has 3 heteroatoms. The second-order valence-corrected chi connectivity index (χ2v) is 6.31. The minimum Gasteiger partial charge on any atom is -0.389 e. The molecule has 1 aromatic carbocycles. The summed E-state index contributed by atoms with van der Waals surface area (Å²) in [6.07, 6.45) is 1.01. The molecule has 1 N–H and O–H groups in total. The monoisotopic (exact) mass is 245 g/mol. The van der Waals surface area contributed by atoms with Gasteiger partial charge in [0.05, 0.1) is 12.3 Å². The number of aliphatic hydroxyl groups is 1. The molecule has 1 aliphatic carbocycles. The fraction of sp³-hybridized carbons (Fsp3) is 0.357. The zero-order valence-electron chi connectivity index (χ0n) is 10.0. The van der Waals surface area contributed by atoms with Gasteiger partial charge in [-0.05, 0) is 17.4 Å². The Hall–Kier alpha value is -1.19. The third-order valence-corrected chi connectivity index (χ3v) is 4.43. The Morgan fingerprint density at radius 2 is 2.12 bits per heavy atom. The summed E-state index contributed by atoms with van der Waals surface area (Å²) in [5.74, 6) is 0. The summed E-state index contributed by atoms with van der Waals surface area (Å²) >= 11 is 1.64. The molecule has 1 heterocycles. The summed E-state index contributed by atoms with van der Waals surface area (Å²) in [6.45, 7) is 4.58. The van der Waals surface area contributed by atoms with Crippen molar-refractivity contribution in [3.8, 4) is 11.3 Å². The van der Waals surface area contributed by atoms with Crippen LogP contribution in [0.4, 0.5) is 0 Å². The third-order valence-electron chi connectivity index (χ3n) is 3.39. The fourth-order valence-electron chi connectivity index (χ4n) is 2.57. The van der Waals surface area contributed by atoms with E-state index in [2.05, 4.69) is 43.1 Å². The lowest BCUT2D eigenvalue weighted by Gasteiger charge is -2.31. The van der Waals surface area contributed by atoms with Gasteiger partial charge in [-0.15, -0.1) is 11.3 Å². The SMILES string of the molecule is CC1(C)Cc2sc(CO)nc2-c2ccccc21. The Morgan fingerprint density at radius 1 is 1.35 bits per heavy atom. The Labute approximate surface area is 105 Å². The first-order valence-electron chi connectivity index (χ1n) is 5.81. The van der Waals surface area contributed by atoms with Crippen molar-refractivity contribution in [2.75, 3.05) is 0 Å². The first-order chi connectivity index (χ1) is 8.12. The number of aromatic nitrogens is 1. The molecule has 0 bridgehead atoms. The molecule has 88 valence electrons. The van der Waals surface area contributed by atoms with E-state index in [1.165, 1.54) is 16.0 Å². The van der Waals surface area contributed by atoms with Crippen LogP contribution in [0.5, 0.6) is 0 Å². The Kier molecular flexibility index (Phi) is 2.35. The summed E-state index contributed by atoms with van der Waals surface area (Å²) in [5, 5.41) is 10.0. The predicted molar refractivity (Wildman–Crippen MR) is 70.2 cm³/mol. The van der Waals surface area contributed by atoms with Crippen molar-refractivity contribution in [1.29, 1.82) is 0 Å². The van der Waals surface area contributed by atoms with Crippen LogP contribution >= 0.6 is 11.3 Å². The maximum absolute atomic E-state index is 9.21. The minimum atomic E-state index is 0.0419. The van der Waals surface area contributed by atoms with Gasteiger partial charge in [-0.2, -0.15) is 0 Å². The van der Waals surface area contributed by atoms with Crippen molar-refractivity contribution in [2.45, 2.75) is 32.3 Å². The van der Waals surface area contributed by atoms with Crippen LogP contribution in [0.2, 0.25) is 0 Å². The molecular weight excluding hydrogens is 230 g/mol. The summed E-state index contributed by atoms with van der Waals surface area (Å²) in [5.41, 5.74) is 3.83. The van der Waals surface area contributed by atoms with Gasteiger partial charge in [0.2, 0.25) is 0 Å². The summed E-state index contributed by atoms with van der Waals surface area (Å²) in [4.78, 5) is 5.85. The molecule has 1 aromatic heterocycles. The fourth-order valence-corrected chi connectivity index (χ4v) is 3.75. The van der Waals surface area contributed by atoms with Crippen LogP contribution in [0, 0.1) is 0 Å². The number of hydrogen-bond donors (Lipinski definition) is 1. The second kappa shape index (κ2) is 3.65. The van der Waals surface area contributed by atoms with Gasteiger partial charge in [0.25, 0.3) is 0 Å². The van der Waals surface area contributed by atoms with E-state index < -0.39 is 0 Å². The molecule has 17 heavy (non-hydrogen) atoms.